The molecule has 1 aromatic carbocycles. The summed E-state index contributed by atoms with van der Waals surface area (Å²) in [6.45, 7) is 15.9. The van der Waals surface area contributed by atoms with Gasteiger partial charge in [0.1, 0.15) is 0 Å². The van der Waals surface area contributed by atoms with E-state index in [2.05, 4.69) is 76.0 Å². The van der Waals surface area contributed by atoms with E-state index < -0.39 is 0 Å². The third-order valence-electron chi connectivity index (χ3n) is 5.31. The average molecular weight is 331 g/mol. The second-order valence-electron chi connectivity index (χ2n) is 8.39. The summed E-state index contributed by atoms with van der Waals surface area (Å²) in [4.78, 5) is 15.1. The summed E-state index contributed by atoms with van der Waals surface area (Å²) in [5, 5.41) is 3.17. The molecule has 1 amide bonds. The van der Waals surface area contributed by atoms with Crippen LogP contribution in [0.1, 0.15) is 65.5 Å². The van der Waals surface area contributed by atoms with E-state index in [-0.39, 0.29) is 16.7 Å². The van der Waals surface area contributed by atoms with Gasteiger partial charge in [-0.15, -0.1) is 0 Å². The highest BCUT2D eigenvalue weighted by atomic mass is 16.2. The van der Waals surface area contributed by atoms with E-state index in [0.717, 1.165) is 32.5 Å². The minimum atomic E-state index is -0.273. The molecule has 2 rings (SSSR count). The van der Waals surface area contributed by atoms with E-state index >= 15 is 0 Å². The van der Waals surface area contributed by atoms with Crippen LogP contribution in [0.4, 0.5) is 0 Å². The van der Waals surface area contributed by atoms with Gasteiger partial charge < -0.3 is 5.32 Å². The molecular formula is C21H34N2O. The Labute approximate surface area is 147 Å². The number of hydrogen-bond donors (Lipinski definition) is 1. The van der Waals surface area contributed by atoms with Crippen LogP contribution in [0.25, 0.3) is 0 Å². The zero-order valence-corrected chi connectivity index (χ0v) is 16.3. The first kappa shape index (κ1) is 19.0. The molecule has 1 aromatic rings. The van der Waals surface area contributed by atoms with Gasteiger partial charge in [-0.3, -0.25) is 9.69 Å². The maximum Gasteiger partial charge on any atom is 0.230 e. The first-order valence-electron chi connectivity index (χ1n) is 9.34. The summed E-state index contributed by atoms with van der Waals surface area (Å²) >= 11 is 0. The van der Waals surface area contributed by atoms with E-state index in [4.69, 9.17) is 0 Å². The molecule has 0 heterocycles. The summed E-state index contributed by atoms with van der Waals surface area (Å²) in [6.07, 6.45) is 1.94. The molecule has 1 aliphatic rings. The molecule has 0 bridgehead atoms. The average Bonchev–Trinajstić information content (AvgIpc) is 3.32. The number of nitrogens with zero attached hydrogens (tertiary/aromatic N) is 1. The van der Waals surface area contributed by atoms with E-state index in [9.17, 15) is 4.79 Å². The molecule has 1 N–H and O–H groups in total. The van der Waals surface area contributed by atoms with Crippen LogP contribution < -0.4 is 5.32 Å². The van der Waals surface area contributed by atoms with Gasteiger partial charge in [0.15, 0.2) is 0 Å². The van der Waals surface area contributed by atoms with Crippen LogP contribution in [-0.4, -0.2) is 36.5 Å². The number of likely N-dealkylation sites (N-methyl/N-ethyl adjacent to an activating group) is 1. The molecule has 0 aromatic heterocycles. The number of carbonyl (C=O) groups excluding carboxylic acids is 1. The fourth-order valence-electron chi connectivity index (χ4n) is 3.32. The highest BCUT2D eigenvalue weighted by Crippen LogP contribution is 2.48. The van der Waals surface area contributed by atoms with Crippen molar-refractivity contribution in [1.29, 1.82) is 0 Å². The number of amides is 1. The molecule has 0 radical (unpaired) electrons. The van der Waals surface area contributed by atoms with Gasteiger partial charge in [0.2, 0.25) is 5.91 Å². The van der Waals surface area contributed by atoms with Crippen molar-refractivity contribution in [3.8, 4) is 0 Å². The quantitative estimate of drug-likeness (QED) is 0.823. The van der Waals surface area contributed by atoms with Crippen molar-refractivity contribution in [3.63, 3.8) is 0 Å². The molecule has 134 valence electrons. The molecule has 0 aliphatic heterocycles. The molecule has 0 atom stereocenters. The van der Waals surface area contributed by atoms with Crippen molar-refractivity contribution >= 4 is 5.91 Å². The molecule has 1 saturated carbocycles. The lowest BCUT2D eigenvalue weighted by molar-refractivity contribution is -0.123. The van der Waals surface area contributed by atoms with Crippen LogP contribution in [-0.2, 0) is 15.6 Å². The molecule has 0 spiro atoms. The Morgan fingerprint density at radius 2 is 1.79 bits per heavy atom. The number of rotatable bonds is 7. The summed E-state index contributed by atoms with van der Waals surface area (Å²) in [6, 6.07) is 9.19. The SMILES string of the molecule is CCN(CCNC(=O)C1(c2ccc(C(C)(C)C)cc2)CC1)C(C)C. The lowest BCUT2D eigenvalue weighted by Crippen LogP contribution is -2.41. The Kier molecular flexibility index (Phi) is 5.74. The van der Waals surface area contributed by atoms with Gasteiger partial charge >= 0.3 is 0 Å². The van der Waals surface area contributed by atoms with Crippen molar-refractivity contribution in [3.05, 3.63) is 35.4 Å². The monoisotopic (exact) mass is 330 g/mol. The maximum absolute atomic E-state index is 12.7. The number of hydrogen-bond acceptors (Lipinski definition) is 2. The standard InChI is InChI=1S/C21H34N2O/c1-7-23(16(2)3)15-14-22-19(24)21(12-13-21)18-10-8-17(9-11-18)20(4,5)6/h8-11,16H,7,12-15H2,1-6H3,(H,22,24). The van der Waals surface area contributed by atoms with Crippen LogP contribution >= 0.6 is 0 Å². The molecule has 0 saturated heterocycles. The predicted octanol–water partition coefficient (Wildman–Crippen LogP) is 3.86. The van der Waals surface area contributed by atoms with Crippen molar-refractivity contribution in [1.82, 2.24) is 10.2 Å². The van der Waals surface area contributed by atoms with E-state index in [1.54, 1.807) is 0 Å². The van der Waals surface area contributed by atoms with Gasteiger partial charge in [-0.1, -0.05) is 52.0 Å². The highest BCUT2D eigenvalue weighted by molar-refractivity contribution is 5.91. The Morgan fingerprint density at radius 1 is 1.21 bits per heavy atom. The van der Waals surface area contributed by atoms with Crippen molar-refractivity contribution < 1.29 is 4.79 Å². The maximum atomic E-state index is 12.7. The Hall–Kier alpha value is -1.35. The topological polar surface area (TPSA) is 32.3 Å². The Morgan fingerprint density at radius 3 is 2.21 bits per heavy atom. The largest absolute Gasteiger partial charge is 0.354 e. The fraction of sp³-hybridized carbons (Fsp3) is 0.667. The second-order valence-corrected chi connectivity index (χ2v) is 8.39. The van der Waals surface area contributed by atoms with Crippen molar-refractivity contribution in [2.75, 3.05) is 19.6 Å². The van der Waals surface area contributed by atoms with Gasteiger partial charge in [-0.2, -0.15) is 0 Å². The summed E-state index contributed by atoms with van der Waals surface area (Å²) in [5.74, 6) is 0.200. The Balaban J connectivity index is 1.97. The van der Waals surface area contributed by atoms with Gasteiger partial charge in [-0.05, 0) is 49.8 Å². The molecular weight excluding hydrogens is 296 g/mol. The minimum Gasteiger partial charge on any atom is -0.354 e. The lowest BCUT2D eigenvalue weighted by atomic mass is 9.85. The summed E-state index contributed by atoms with van der Waals surface area (Å²) < 4.78 is 0. The van der Waals surface area contributed by atoms with Crippen LogP contribution in [0.15, 0.2) is 24.3 Å². The molecule has 1 aliphatic carbocycles. The van der Waals surface area contributed by atoms with Crippen LogP contribution in [0.5, 0.6) is 0 Å². The summed E-state index contributed by atoms with van der Waals surface area (Å²) in [5.41, 5.74) is 2.37. The Bertz CT molecular complexity index is 550. The van der Waals surface area contributed by atoms with Gasteiger partial charge in [-0.25, -0.2) is 0 Å². The zero-order valence-electron chi connectivity index (χ0n) is 16.3. The lowest BCUT2D eigenvalue weighted by Gasteiger charge is -2.25. The van der Waals surface area contributed by atoms with Crippen molar-refractivity contribution in [2.45, 2.75) is 71.3 Å². The molecule has 3 heteroatoms. The molecule has 0 unspecified atom stereocenters. The van der Waals surface area contributed by atoms with Gasteiger partial charge in [0.25, 0.3) is 0 Å². The van der Waals surface area contributed by atoms with Gasteiger partial charge in [0.05, 0.1) is 5.41 Å². The number of nitrogens with one attached hydrogen (secondary N) is 1. The van der Waals surface area contributed by atoms with Crippen LogP contribution in [0.2, 0.25) is 0 Å². The third-order valence-corrected chi connectivity index (χ3v) is 5.31. The molecule has 24 heavy (non-hydrogen) atoms. The van der Waals surface area contributed by atoms with E-state index in [0.29, 0.717) is 6.04 Å². The third kappa shape index (κ3) is 4.18. The fourth-order valence-corrected chi connectivity index (χ4v) is 3.32. The van der Waals surface area contributed by atoms with E-state index in [1.165, 1.54) is 11.1 Å². The van der Waals surface area contributed by atoms with Gasteiger partial charge in [0, 0.05) is 19.1 Å². The number of carbonyl (C=O) groups is 1. The van der Waals surface area contributed by atoms with E-state index in [1.807, 2.05) is 0 Å². The molecule has 3 nitrogen and oxygen atoms in total. The second kappa shape index (κ2) is 7.26. The predicted molar refractivity (Wildman–Crippen MR) is 101 cm³/mol. The normalized spacial score (nSPS) is 16.5. The minimum absolute atomic E-state index is 0.151. The first-order chi connectivity index (χ1) is 11.2. The van der Waals surface area contributed by atoms with Crippen LogP contribution in [0, 0.1) is 0 Å². The van der Waals surface area contributed by atoms with Crippen molar-refractivity contribution in [2.24, 2.45) is 0 Å². The smallest absolute Gasteiger partial charge is 0.230 e. The zero-order chi connectivity index (χ0) is 18.0. The molecule has 1 fully saturated rings. The van der Waals surface area contributed by atoms with Crippen LogP contribution in [0.3, 0.4) is 0 Å². The summed E-state index contributed by atoms with van der Waals surface area (Å²) in [7, 11) is 0. The highest BCUT2D eigenvalue weighted by Gasteiger charge is 2.51. The number of benzene rings is 1. The first-order valence-corrected chi connectivity index (χ1v) is 9.34.